The van der Waals surface area contributed by atoms with Crippen molar-refractivity contribution in [1.82, 2.24) is 0 Å². The summed E-state index contributed by atoms with van der Waals surface area (Å²) >= 11 is 0. The topological polar surface area (TPSA) is 38.5 Å². The minimum absolute atomic E-state index is 0.0819. The minimum Gasteiger partial charge on any atom is -0.378 e. The maximum Gasteiger partial charge on any atom is 0.0642 e. The summed E-state index contributed by atoms with van der Waals surface area (Å²) in [6, 6.07) is 6.58. The second-order valence-electron chi connectivity index (χ2n) is 4.45. The largest absolute Gasteiger partial charge is 0.378 e. The number of morpholine rings is 1. The van der Waals surface area contributed by atoms with Crippen LogP contribution in [0.2, 0.25) is 0 Å². The molecule has 1 saturated heterocycles. The van der Waals surface area contributed by atoms with Gasteiger partial charge in [0.05, 0.1) is 13.2 Å². The Hall–Kier alpha value is -1.06. The van der Waals surface area contributed by atoms with Gasteiger partial charge in [-0.25, -0.2) is 0 Å². The molecule has 1 unspecified atom stereocenters. The quantitative estimate of drug-likeness (QED) is 0.826. The lowest BCUT2D eigenvalue weighted by Crippen LogP contribution is -2.37. The second kappa shape index (κ2) is 4.85. The van der Waals surface area contributed by atoms with Crippen LogP contribution in [0.15, 0.2) is 18.2 Å². The van der Waals surface area contributed by atoms with E-state index in [0.717, 1.165) is 26.3 Å². The zero-order valence-electron chi connectivity index (χ0n) is 10.1. The highest BCUT2D eigenvalue weighted by atomic mass is 16.5. The van der Waals surface area contributed by atoms with Gasteiger partial charge in [0.25, 0.3) is 0 Å². The Morgan fingerprint density at radius 2 is 2.00 bits per heavy atom. The van der Waals surface area contributed by atoms with E-state index in [4.69, 9.17) is 10.5 Å². The summed E-state index contributed by atoms with van der Waals surface area (Å²) < 4.78 is 5.38. The van der Waals surface area contributed by atoms with Crippen LogP contribution in [0.4, 0.5) is 5.69 Å². The first-order chi connectivity index (χ1) is 7.68. The average molecular weight is 220 g/mol. The van der Waals surface area contributed by atoms with Gasteiger partial charge in [0, 0.05) is 24.8 Å². The van der Waals surface area contributed by atoms with Crippen molar-refractivity contribution in [2.24, 2.45) is 5.73 Å². The number of benzene rings is 1. The molecule has 1 aromatic rings. The van der Waals surface area contributed by atoms with Crippen molar-refractivity contribution in [1.29, 1.82) is 0 Å². The highest BCUT2D eigenvalue weighted by Gasteiger charge is 2.16. The van der Waals surface area contributed by atoms with Gasteiger partial charge in [-0.1, -0.05) is 12.1 Å². The van der Waals surface area contributed by atoms with Crippen LogP contribution < -0.4 is 10.6 Å². The normalized spacial score (nSPS) is 18.6. The Bertz CT molecular complexity index is 357. The summed E-state index contributed by atoms with van der Waals surface area (Å²) in [4.78, 5) is 2.37. The van der Waals surface area contributed by atoms with E-state index in [-0.39, 0.29) is 6.04 Å². The molecule has 0 amide bonds. The van der Waals surface area contributed by atoms with E-state index in [0.29, 0.717) is 0 Å². The predicted molar refractivity (Wildman–Crippen MR) is 66.8 cm³/mol. The van der Waals surface area contributed by atoms with Gasteiger partial charge in [0.2, 0.25) is 0 Å². The van der Waals surface area contributed by atoms with E-state index in [2.05, 4.69) is 30.0 Å². The molecule has 16 heavy (non-hydrogen) atoms. The van der Waals surface area contributed by atoms with Gasteiger partial charge in [0.1, 0.15) is 0 Å². The first-order valence-electron chi connectivity index (χ1n) is 5.87. The van der Waals surface area contributed by atoms with Gasteiger partial charge >= 0.3 is 0 Å². The van der Waals surface area contributed by atoms with Crippen molar-refractivity contribution in [3.8, 4) is 0 Å². The number of anilines is 1. The number of hydrogen-bond donors (Lipinski definition) is 1. The summed E-state index contributed by atoms with van der Waals surface area (Å²) in [5, 5.41) is 0. The highest BCUT2D eigenvalue weighted by molar-refractivity contribution is 5.56. The molecular weight excluding hydrogens is 200 g/mol. The van der Waals surface area contributed by atoms with E-state index in [9.17, 15) is 0 Å². The number of hydrogen-bond acceptors (Lipinski definition) is 3. The summed E-state index contributed by atoms with van der Waals surface area (Å²) in [6.07, 6.45) is 0. The summed E-state index contributed by atoms with van der Waals surface area (Å²) in [5.41, 5.74) is 9.80. The van der Waals surface area contributed by atoms with Gasteiger partial charge < -0.3 is 15.4 Å². The molecule has 3 nitrogen and oxygen atoms in total. The lowest BCUT2D eigenvalue weighted by molar-refractivity contribution is 0.122. The molecule has 1 fully saturated rings. The predicted octanol–water partition coefficient (Wildman–Crippen LogP) is 1.85. The molecule has 0 saturated carbocycles. The monoisotopic (exact) mass is 220 g/mol. The third-order valence-electron chi connectivity index (χ3n) is 3.03. The van der Waals surface area contributed by atoms with Crippen LogP contribution in [0.3, 0.4) is 0 Å². The van der Waals surface area contributed by atoms with Crippen molar-refractivity contribution in [3.63, 3.8) is 0 Å². The smallest absolute Gasteiger partial charge is 0.0642 e. The molecule has 0 aliphatic carbocycles. The second-order valence-corrected chi connectivity index (χ2v) is 4.45. The van der Waals surface area contributed by atoms with Crippen molar-refractivity contribution in [2.45, 2.75) is 19.9 Å². The Kier molecular flexibility index (Phi) is 3.46. The average Bonchev–Trinajstić information content (AvgIpc) is 2.29. The zero-order chi connectivity index (χ0) is 11.5. The van der Waals surface area contributed by atoms with Crippen molar-refractivity contribution in [2.75, 3.05) is 31.2 Å². The Labute approximate surface area is 97.2 Å². The summed E-state index contributed by atoms with van der Waals surface area (Å²) in [7, 11) is 0. The van der Waals surface area contributed by atoms with Crippen LogP contribution >= 0.6 is 0 Å². The van der Waals surface area contributed by atoms with Gasteiger partial charge in [-0.15, -0.1) is 0 Å². The fraction of sp³-hybridized carbons (Fsp3) is 0.538. The summed E-state index contributed by atoms with van der Waals surface area (Å²) in [5.74, 6) is 0. The zero-order valence-corrected chi connectivity index (χ0v) is 10.1. The van der Waals surface area contributed by atoms with Crippen LogP contribution in [-0.4, -0.2) is 26.3 Å². The third-order valence-corrected chi connectivity index (χ3v) is 3.03. The van der Waals surface area contributed by atoms with Crippen LogP contribution in [0, 0.1) is 6.92 Å². The van der Waals surface area contributed by atoms with Crippen LogP contribution in [0.5, 0.6) is 0 Å². The molecule has 0 bridgehead atoms. The fourth-order valence-corrected chi connectivity index (χ4v) is 2.12. The number of aryl methyl sites for hydroxylation is 1. The van der Waals surface area contributed by atoms with Crippen molar-refractivity contribution >= 4 is 5.69 Å². The van der Waals surface area contributed by atoms with Gasteiger partial charge in [-0.3, -0.25) is 0 Å². The Morgan fingerprint density at radius 3 is 2.62 bits per heavy atom. The van der Waals surface area contributed by atoms with Crippen LogP contribution in [0.1, 0.15) is 24.1 Å². The molecular formula is C13H20N2O. The van der Waals surface area contributed by atoms with E-state index in [1.54, 1.807) is 0 Å². The molecule has 1 aliphatic rings. The number of rotatable bonds is 2. The highest BCUT2D eigenvalue weighted by Crippen LogP contribution is 2.27. The first-order valence-corrected chi connectivity index (χ1v) is 5.87. The molecule has 1 aromatic carbocycles. The van der Waals surface area contributed by atoms with E-state index in [1.165, 1.54) is 16.8 Å². The fourth-order valence-electron chi connectivity index (χ4n) is 2.12. The van der Waals surface area contributed by atoms with Gasteiger partial charge in [0.15, 0.2) is 0 Å². The molecule has 88 valence electrons. The molecule has 1 heterocycles. The molecule has 1 aliphatic heterocycles. The SMILES string of the molecule is Cc1ccc(C(C)N)c(N2CCOCC2)c1. The molecule has 1 atom stereocenters. The van der Waals surface area contributed by atoms with E-state index >= 15 is 0 Å². The molecule has 2 rings (SSSR count). The number of nitrogens with two attached hydrogens (primary N) is 1. The molecule has 2 N–H and O–H groups in total. The van der Waals surface area contributed by atoms with Crippen molar-refractivity contribution < 1.29 is 4.74 Å². The van der Waals surface area contributed by atoms with Gasteiger partial charge in [-0.2, -0.15) is 0 Å². The lowest BCUT2D eigenvalue weighted by atomic mass is 10.0. The number of nitrogens with zero attached hydrogens (tertiary/aromatic N) is 1. The molecule has 0 radical (unpaired) electrons. The Morgan fingerprint density at radius 1 is 1.31 bits per heavy atom. The maximum atomic E-state index is 6.01. The summed E-state index contributed by atoms with van der Waals surface area (Å²) in [6.45, 7) is 7.70. The maximum absolute atomic E-state index is 6.01. The van der Waals surface area contributed by atoms with Crippen molar-refractivity contribution in [3.05, 3.63) is 29.3 Å². The first kappa shape index (κ1) is 11.4. The third kappa shape index (κ3) is 2.36. The Balaban J connectivity index is 2.32. The molecule has 3 heteroatoms. The lowest BCUT2D eigenvalue weighted by Gasteiger charge is -2.31. The standard InChI is InChI=1S/C13H20N2O/c1-10-3-4-12(11(2)14)13(9-10)15-5-7-16-8-6-15/h3-4,9,11H,5-8,14H2,1-2H3. The van der Waals surface area contributed by atoms with E-state index in [1.807, 2.05) is 6.92 Å². The van der Waals surface area contributed by atoms with Crippen LogP contribution in [0.25, 0.3) is 0 Å². The van der Waals surface area contributed by atoms with Gasteiger partial charge in [-0.05, 0) is 31.0 Å². The molecule has 0 spiro atoms. The minimum atomic E-state index is 0.0819. The number of ether oxygens (including phenoxy) is 1. The van der Waals surface area contributed by atoms with E-state index < -0.39 is 0 Å². The van der Waals surface area contributed by atoms with Crippen LogP contribution in [-0.2, 0) is 4.74 Å². The molecule has 0 aromatic heterocycles.